The highest BCUT2D eigenvalue weighted by Crippen LogP contribution is 2.31. The molecule has 1 unspecified atom stereocenters. The number of aliphatic hydroxyl groups excluding tert-OH is 1. The SMILES string of the molecule is CCCCOC[C@H]1OC(C=C/C(CO)=C(Cl)\C=C(/C)Cl)[C@H](OCCCC)[C@@H](OCCCC)[C@@H]1OCCCC. The molecule has 0 aromatic carbocycles. The summed E-state index contributed by atoms with van der Waals surface area (Å²) in [6.45, 7) is 13.0. The molecule has 8 heteroatoms. The van der Waals surface area contributed by atoms with Crippen LogP contribution in [0.4, 0.5) is 0 Å². The molecule has 0 aromatic rings. The molecule has 0 aliphatic carbocycles. The summed E-state index contributed by atoms with van der Waals surface area (Å²) in [5.41, 5.74) is 0.545. The summed E-state index contributed by atoms with van der Waals surface area (Å²) in [5.74, 6) is 0. The fourth-order valence-corrected chi connectivity index (χ4v) is 4.49. The molecule has 1 aliphatic rings. The summed E-state index contributed by atoms with van der Waals surface area (Å²) >= 11 is 12.4. The summed E-state index contributed by atoms with van der Waals surface area (Å²) in [5, 5.41) is 10.9. The van der Waals surface area contributed by atoms with Crippen molar-refractivity contribution in [2.75, 3.05) is 39.6 Å². The lowest BCUT2D eigenvalue weighted by Crippen LogP contribution is -2.61. The van der Waals surface area contributed by atoms with Gasteiger partial charge >= 0.3 is 0 Å². The van der Waals surface area contributed by atoms with Crippen LogP contribution in [0.2, 0.25) is 0 Å². The van der Waals surface area contributed by atoms with Crippen LogP contribution in [0.3, 0.4) is 0 Å². The Morgan fingerprint density at radius 3 is 1.84 bits per heavy atom. The molecule has 0 bridgehead atoms. The first kappa shape index (κ1) is 35.6. The van der Waals surface area contributed by atoms with Gasteiger partial charge < -0.3 is 28.8 Å². The molecule has 38 heavy (non-hydrogen) atoms. The molecular weight excluding hydrogens is 527 g/mol. The maximum Gasteiger partial charge on any atom is 0.116 e. The minimum atomic E-state index is -0.434. The predicted octanol–water partition coefficient (Wildman–Crippen LogP) is 7.31. The summed E-state index contributed by atoms with van der Waals surface area (Å²) in [7, 11) is 0. The van der Waals surface area contributed by atoms with Crippen LogP contribution in [-0.4, -0.2) is 75.3 Å². The van der Waals surface area contributed by atoms with Gasteiger partial charge in [-0.05, 0) is 44.3 Å². The molecule has 1 fully saturated rings. The van der Waals surface area contributed by atoms with E-state index < -0.39 is 6.10 Å². The Hall–Kier alpha value is -0.440. The Balaban J connectivity index is 3.37. The Kier molecular flexibility index (Phi) is 20.9. The van der Waals surface area contributed by atoms with E-state index in [1.165, 1.54) is 0 Å². The van der Waals surface area contributed by atoms with E-state index in [1.807, 2.05) is 6.08 Å². The molecule has 0 radical (unpaired) electrons. The van der Waals surface area contributed by atoms with Crippen LogP contribution in [0.15, 0.2) is 33.9 Å². The van der Waals surface area contributed by atoms with Gasteiger partial charge in [0.15, 0.2) is 0 Å². The van der Waals surface area contributed by atoms with Crippen LogP contribution in [0.25, 0.3) is 0 Å². The lowest BCUT2D eigenvalue weighted by Gasteiger charge is -2.45. The number of unbranched alkanes of at least 4 members (excludes halogenated alkanes) is 4. The van der Waals surface area contributed by atoms with Crippen molar-refractivity contribution in [1.29, 1.82) is 0 Å². The van der Waals surface area contributed by atoms with Crippen molar-refractivity contribution in [3.05, 3.63) is 33.9 Å². The van der Waals surface area contributed by atoms with Gasteiger partial charge in [0.25, 0.3) is 0 Å². The summed E-state index contributed by atoms with van der Waals surface area (Å²) in [6, 6.07) is 0. The fraction of sp³-hybridized carbons (Fsp3) is 0.800. The van der Waals surface area contributed by atoms with Gasteiger partial charge in [-0.3, -0.25) is 0 Å². The zero-order chi connectivity index (χ0) is 28.2. The summed E-state index contributed by atoms with van der Waals surface area (Å²) < 4.78 is 32.0. The molecule has 0 saturated carbocycles. The second-order valence-electron chi connectivity index (χ2n) is 9.76. The lowest BCUT2D eigenvalue weighted by molar-refractivity contribution is -0.256. The van der Waals surface area contributed by atoms with Crippen LogP contribution in [0, 0.1) is 0 Å². The average molecular weight is 580 g/mol. The second kappa shape index (κ2) is 22.3. The summed E-state index contributed by atoms with van der Waals surface area (Å²) in [4.78, 5) is 0. The predicted molar refractivity (Wildman–Crippen MR) is 157 cm³/mol. The average Bonchev–Trinajstić information content (AvgIpc) is 2.89. The van der Waals surface area contributed by atoms with E-state index in [1.54, 1.807) is 19.1 Å². The number of hydrogen-bond acceptors (Lipinski definition) is 6. The molecule has 0 amide bonds. The van der Waals surface area contributed by atoms with E-state index in [2.05, 4.69) is 27.7 Å². The van der Waals surface area contributed by atoms with Gasteiger partial charge in [0.05, 0.1) is 13.2 Å². The van der Waals surface area contributed by atoms with Crippen molar-refractivity contribution in [2.24, 2.45) is 0 Å². The highest BCUT2D eigenvalue weighted by atomic mass is 35.5. The molecule has 222 valence electrons. The van der Waals surface area contributed by atoms with Crippen molar-refractivity contribution >= 4 is 23.2 Å². The van der Waals surface area contributed by atoms with Gasteiger partial charge in [0.1, 0.15) is 30.5 Å². The van der Waals surface area contributed by atoms with Gasteiger partial charge in [-0.2, -0.15) is 0 Å². The van der Waals surface area contributed by atoms with E-state index in [0.29, 0.717) is 48.7 Å². The van der Waals surface area contributed by atoms with E-state index >= 15 is 0 Å². The second-order valence-corrected chi connectivity index (χ2v) is 10.8. The molecule has 0 aromatic heterocycles. The number of allylic oxidation sites excluding steroid dienone is 3. The first-order valence-corrected chi connectivity index (χ1v) is 15.3. The Labute approximate surface area is 241 Å². The number of ether oxygens (including phenoxy) is 5. The zero-order valence-electron chi connectivity index (χ0n) is 24.3. The molecule has 5 atom stereocenters. The van der Waals surface area contributed by atoms with Gasteiger partial charge in [0, 0.05) is 36.5 Å². The third-order valence-electron chi connectivity index (χ3n) is 6.31. The molecule has 0 spiro atoms. The monoisotopic (exact) mass is 578 g/mol. The van der Waals surface area contributed by atoms with Gasteiger partial charge in [0.2, 0.25) is 0 Å². The van der Waals surface area contributed by atoms with E-state index in [0.717, 1.165) is 51.4 Å². The smallest absolute Gasteiger partial charge is 0.116 e. The maximum atomic E-state index is 9.95. The molecule has 1 aliphatic heterocycles. The van der Waals surface area contributed by atoms with Crippen molar-refractivity contribution in [2.45, 2.75) is 117 Å². The first-order valence-electron chi connectivity index (χ1n) is 14.5. The normalized spacial score (nSPS) is 25.3. The molecule has 1 saturated heterocycles. The highest BCUT2D eigenvalue weighted by molar-refractivity contribution is 6.34. The number of aliphatic hydroxyl groups is 1. The third-order valence-corrected chi connectivity index (χ3v) is 6.77. The molecule has 1 N–H and O–H groups in total. The van der Waals surface area contributed by atoms with E-state index in [-0.39, 0.29) is 31.0 Å². The number of halogens is 2. The van der Waals surface area contributed by atoms with Crippen molar-refractivity contribution in [3.63, 3.8) is 0 Å². The minimum Gasteiger partial charge on any atom is -0.392 e. The third kappa shape index (κ3) is 13.8. The summed E-state index contributed by atoms with van der Waals surface area (Å²) in [6.07, 6.45) is 11.6. The fourth-order valence-electron chi connectivity index (χ4n) is 4.04. The molecule has 1 heterocycles. The van der Waals surface area contributed by atoms with Crippen LogP contribution in [0.1, 0.15) is 86.0 Å². The van der Waals surface area contributed by atoms with Crippen LogP contribution < -0.4 is 0 Å². The highest BCUT2D eigenvalue weighted by Gasteiger charge is 2.47. The maximum absolute atomic E-state index is 9.95. The van der Waals surface area contributed by atoms with Crippen molar-refractivity contribution in [1.82, 2.24) is 0 Å². The topological polar surface area (TPSA) is 66.4 Å². The van der Waals surface area contributed by atoms with E-state index in [4.69, 9.17) is 46.9 Å². The quantitative estimate of drug-likeness (QED) is 0.114. The zero-order valence-corrected chi connectivity index (χ0v) is 25.8. The van der Waals surface area contributed by atoms with Crippen molar-refractivity contribution < 1.29 is 28.8 Å². The van der Waals surface area contributed by atoms with Gasteiger partial charge in [-0.1, -0.05) is 88.7 Å². The first-order chi connectivity index (χ1) is 18.4. The van der Waals surface area contributed by atoms with Crippen molar-refractivity contribution in [3.8, 4) is 0 Å². The number of hydrogen-bond donors (Lipinski definition) is 1. The standard InChI is InChI=1S/C30H52Cl2O6/c1-6-10-16-34-22-27-29(36-18-12-8-3)30(37-19-13-9-4)28(35-17-11-7-2)26(38-27)15-14-24(21-33)25(32)20-23(5)31/h14-15,20,26-30,33H,6-13,16-19,21-22H2,1-5H3/b15-14?,23-20+,25-24-/t26?,27-,28+,29-,30-/m1/s1. The Bertz CT molecular complexity index is 692. The molecule has 6 nitrogen and oxygen atoms in total. The molecular formula is C30H52Cl2O6. The largest absolute Gasteiger partial charge is 0.392 e. The lowest BCUT2D eigenvalue weighted by atomic mass is 9.93. The molecule has 1 rings (SSSR count). The van der Waals surface area contributed by atoms with Crippen LogP contribution in [-0.2, 0) is 23.7 Å². The van der Waals surface area contributed by atoms with E-state index in [9.17, 15) is 5.11 Å². The minimum absolute atomic E-state index is 0.229. The van der Waals surface area contributed by atoms with Gasteiger partial charge in [-0.15, -0.1) is 0 Å². The van der Waals surface area contributed by atoms with Crippen LogP contribution in [0.5, 0.6) is 0 Å². The van der Waals surface area contributed by atoms with Crippen LogP contribution >= 0.6 is 23.2 Å². The number of rotatable bonds is 21. The van der Waals surface area contributed by atoms with Gasteiger partial charge in [-0.25, -0.2) is 0 Å². The Morgan fingerprint density at radius 1 is 0.789 bits per heavy atom. The Morgan fingerprint density at radius 2 is 1.32 bits per heavy atom.